The Morgan fingerprint density at radius 3 is 2.23 bits per heavy atom. The van der Waals surface area contributed by atoms with Crippen LogP contribution in [0.3, 0.4) is 0 Å². The lowest BCUT2D eigenvalue weighted by molar-refractivity contribution is -0.115. The summed E-state index contributed by atoms with van der Waals surface area (Å²) in [7, 11) is 0. The molecule has 154 valence electrons. The van der Waals surface area contributed by atoms with Crippen molar-refractivity contribution in [3.05, 3.63) is 88.4 Å². The van der Waals surface area contributed by atoms with Gasteiger partial charge in [0.1, 0.15) is 16.1 Å². The van der Waals surface area contributed by atoms with Crippen LogP contribution in [-0.4, -0.2) is 16.8 Å². The highest BCUT2D eigenvalue weighted by molar-refractivity contribution is 8.00. The first-order chi connectivity index (χ1) is 14.3. The van der Waals surface area contributed by atoms with Crippen LogP contribution in [0.5, 0.6) is 0 Å². The Labute approximate surface area is 178 Å². The van der Waals surface area contributed by atoms with Gasteiger partial charge in [-0.15, -0.1) is 0 Å². The van der Waals surface area contributed by atoms with Crippen molar-refractivity contribution in [3.63, 3.8) is 0 Å². The lowest BCUT2D eigenvalue weighted by atomic mass is 10.0. The molecule has 0 aliphatic rings. The Morgan fingerprint density at radius 2 is 1.63 bits per heavy atom. The Hall–Kier alpha value is -3.19. The number of aryl methyl sites for hydroxylation is 1. The van der Waals surface area contributed by atoms with Crippen LogP contribution in [0.4, 0.5) is 10.1 Å². The smallest absolute Gasteiger partial charge is 0.251 e. The molecule has 0 saturated carbocycles. The van der Waals surface area contributed by atoms with Gasteiger partial charge in [0, 0.05) is 11.4 Å². The number of nitrogens with two attached hydrogens (primary N) is 1. The Balaban J connectivity index is 2.01. The summed E-state index contributed by atoms with van der Waals surface area (Å²) in [6.07, 6.45) is 0. The van der Waals surface area contributed by atoms with E-state index in [4.69, 9.17) is 5.73 Å². The molecule has 3 N–H and O–H groups in total. The van der Waals surface area contributed by atoms with Crippen LogP contribution in [0.15, 0.2) is 59.6 Å². The third-order valence-electron chi connectivity index (χ3n) is 4.89. The molecule has 1 atom stereocenters. The summed E-state index contributed by atoms with van der Waals surface area (Å²) in [6.45, 7) is 5.56. The van der Waals surface area contributed by atoms with Crippen molar-refractivity contribution >= 4 is 29.3 Å². The number of benzene rings is 2. The molecule has 1 heterocycles. The molecule has 1 unspecified atom stereocenters. The molecule has 7 heteroatoms. The van der Waals surface area contributed by atoms with Gasteiger partial charge >= 0.3 is 0 Å². The number of hydrogen-bond acceptors (Lipinski definition) is 4. The summed E-state index contributed by atoms with van der Waals surface area (Å²) in [5.74, 6) is -1.29. The minimum Gasteiger partial charge on any atom is -0.366 e. The van der Waals surface area contributed by atoms with E-state index in [0.29, 0.717) is 16.3 Å². The summed E-state index contributed by atoms with van der Waals surface area (Å²) >= 11 is 1.17. The number of aromatic nitrogens is 1. The number of nitrogens with one attached hydrogen (secondary N) is 1. The van der Waals surface area contributed by atoms with Gasteiger partial charge in [-0.05, 0) is 61.7 Å². The molecule has 0 bridgehead atoms. The molecule has 5 nitrogen and oxygen atoms in total. The first-order valence-corrected chi connectivity index (χ1v) is 10.2. The minimum absolute atomic E-state index is 0.314. The first-order valence-electron chi connectivity index (χ1n) is 9.33. The zero-order chi connectivity index (χ0) is 21.8. The molecule has 0 saturated heterocycles. The lowest BCUT2D eigenvalue weighted by Crippen LogP contribution is -2.21. The van der Waals surface area contributed by atoms with Crippen molar-refractivity contribution in [2.45, 2.75) is 31.0 Å². The summed E-state index contributed by atoms with van der Waals surface area (Å²) in [5, 5.41) is 2.52. The molecule has 1 aromatic heterocycles. The van der Waals surface area contributed by atoms with E-state index in [1.54, 1.807) is 0 Å². The predicted octanol–water partition coefficient (Wildman–Crippen LogP) is 4.72. The average molecular weight is 424 g/mol. The van der Waals surface area contributed by atoms with Crippen LogP contribution in [0, 0.1) is 26.6 Å². The molecular weight excluding hydrogens is 401 g/mol. The monoisotopic (exact) mass is 423 g/mol. The molecule has 3 rings (SSSR count). The van der Waals surface area contributed by atoms with Crippen molar-refractivity contribution in [2.24, 2.45) is 5.73 Å². The summed E-state index contributed by atoms with van der Waals surface area (Å²) in [5.41, 5.74) is 9.58. The normalized spacial score (nSPS) is 11.7. The van der Waals surface area contributed by atoms with E-state index < -0.39 is 11.2 Å². The number of primary amides is 1. The predicted molar refractivity (Wildman–Crippen MR) is 117 cm³/mol. The highest BCUT2D eigenvalue weighted by Crippen LogP contribution is 2.38. The molecule has 3 aromatic rings. The zero-order valence-corrected chi connectivity index (χ0v) is 17.7. The highest BCUT2D eigenvalue weighted by Gasteiger charge is 2.27. The number of amides is 2. The fourth-order valence-electron chi connectivity index (χ4n) is 3.04. The second-order valence-corrected chi connectivity index (χ2v) is 7.99. The molecule has 0 fully saturated rings. The number of thioether (sulfide) groups is 1. The number of nitrogens with zero attached hydrogens (tertiary/aromatic N) is 1. The van der Waals surface area contributed by atoms with Gasteiger partial charge < -0.3 is 11.1 Å². The molecule has 2 aromatic carbocycles. The molecule has 2 amide bonds. The van der Waals surface area contributed by atoms with Gasteiger partial charge in [-0.3, -0.25) is 9.59 Å². The standard InChI is InChI=1S/C23H22FN3O2S/c1-13-14(2)19(21(25)28)23(26-15(13)3)30-20(16-7-5-4-6-8-16)22(29)27-18-11-9-17(24)10-12-18/h4-12,20H,1-3H3,(H2,25,28)(H,27,29). The number of carbonyl (C=O) groups excluding carboxylic acids is 2. The Morgan fingerprint density at radius 1 is 1.00 bits per heavy atom. The van der Waals surface area contributed by atoms with E-state index in [-0.39, 0.29) is 11.7 Å². The first kappa shape index (κ1) is 21.5. The van der Waals surface area contributed by atoms with E-state index in [1.807, 2.05) is 51.1 Å². The third-order valence-corrected chi connectivity index (χ3v) is 6.13. The maximum Gasteiger partial charge on any atom is 0.251 e. The number of hydrogen-bond donors (Lipinski definition) is 2. The minimum atomic E-state index is -0.691. The zero-order valence-electron chi connectivity index (χ0n) is 16.9. The Bertz CT molecular complexity index is 1090. The lowest BCUT2D eigenvalue weighted by Gasteiger charge is -2.20. The van der Waals surface area contributed by atoms with Crippen LogP contribution in [-0.2, 0) is 4.79 Å². The quantitative estimate of drug-likeness (QED) is 0.562. The van der Waals surface area contributed by atoms with E-state index in [2.05, 4.69) is 10.3 Å². The van der Waals surface area contributed by atoms with Gasteiger partial charge in [0.05, 0.1) is 5.56 Å². The van der Waals surface area contributed by atoms with E-state index in [1.165, 1.54) is 36.0 Å². The van der Waals surface area contributed by atoms with Crippen molar-refractivity contribution in [1.82, 2.24) is 4.98 Å². The molecular formula is C23H22FN3O2S. The Kier molecular flexibility index (Phi) is 6.52. The van der Waals surface area contributed by atoms with Crippen molar-refractivity contribution < 1.29 is 14.0 Å². The fraction of sp³-hybridized carbons (Fsp3) is 0.174. The molecule has 0 aliphatic carbocycles. The molecule has 30 heavy (non-hydrogen) atoms. The van der Waals surface area contributed by atoms with E-state index in [9.17, 15) is 14.0 Å². The third kappa shape index (κ3) is 4.68. The average Bonchev–Trinajstić information content (AvgIpc) is 2.72. The highest BCUT2D eigenvalue weighted by atomic mass is 32.2. The van der Waals surface area contributed by atoms with Crippen LogP contribution < -0.4 is 11.1 Å². The maximum atomic E-state index is 13.2. The summed E-state index contributed by atoms with van der Waals surface area (Å²) < 4.78 is 13.2. The van der Waals surface area contributed by atoms with Gasteiger partial charge in [0.2, 0.25) is 5.91 Å². The molecule has 0 radical (unpaired) electrons. The summed E-state index contributed by atoms with van der Waals surface area (Å²) in [6, 6.07) is 14.7. The number of rotatable bonds is 6. The number of anilines is 1. The van der Waals surface area contributed by atoms with Crippen molar-refractivity contribution in [3.8, 4) is 0 Å². The van der Waals surface area contributed by atoms with Crippen LogP contribution in [0.25, 0.3) is 0 Å². The molecule has 0 spiro atoms. The SMILES string of the molecule is Cc1nc(SC(C(=O)Nc2ccc(F)cc2)c2ccccc2)c(C(N)=O)c(C)c1C. The second-order valence-electron chi connectivity index (χ2n) is 6.90. The van der Waals surface area contributed by atoms with Gasteiger partial charge in [-0.1, -0.05) is 42.1 Å². The fourth-order valence-corrected chi connectivity index (χ4v) is 4.28. The van der Waals surface area contributed by atoms with Gasteiger partial charge in [-0.2, -0.15) is 0 Å². The number of pyridine rings is 1. The van der Waals surface area contributed by atoms with E-state index in [0.717, 1.165) is 22.4 Å². The van der Waals surface area contributed by atoms with Gasteiger partial charge in [0.15, 0.2) is 0 Å². The topological polar surface area (TPSA) is 85.1 Å². The van der Waals surface area contributed by atoms with E-state index >= 15 is 0 Å². The van der Waals surface area contributed by atoms with Gasteiger partial charge in [0.25, 0.3) is 5.91 Å². The van der Waals surface area contributed by atoms with Crippen molar-refractivity contribution in [2.75, 3.05) is 5.32 Å². The number of halogens is 1. The summed E-state index contributed by atoms with van der Waals surface area (Å²) in [4.78, 5) is 29.9. The van der Waals surface area contributed by atoms with Crippen LogP contribution >= 0.6 is 11.8 Å². The van der Waals surface area contributed by atoms with Crippen LogP contribution in [0.1, 0.15) is 38.0 Å². The second kappa shape index (κ2) is 9.09. The number of carbonyl (C=O) groups is 2. The largest absolute Gasteiger partial charge is 0.366 e. The van der Waals surface area contributed by atoms with Crippen LogP contribution in [0.2, 0.25) is 0 Å². The van der Waals surface area contributed by atoms with Crippen molar-refractivity contribution in [1.29, 1.82) is 0 Å². The maximum absolute atomic E-state index is 13.2. The molecule has 0 aliphatic heterocycles. The van der Waals surface area contributed by atoms with Gasteiger partial charge in [-0.25, -0.2) is 9.37 Å².